The zero-order valence-corrected chi connectivity index (χ0v) is 17.1. The number of hydrogen-bond donors (Lipinski definition) is 0. The van der Waals surface area contributed by atoms with Crippen LogP contribution >= 0.6 is 24.0 Å². The van der Waals surface area contributed by atoms with Crippen molar-refractivity contribution in [2.45, 2.75) is 0 Å². The van der Waals surface area contributed by atoms with E-state index in [1.165, 1.54) is 41.3 Å². The molecule has 1 aromatic heterocycles. The van der Waals surface area contributed by atoms with Gasteiger partial charge in [-0.15, -0.1) is 0 Å². The Morgan fingerprint density at radius 2 is 1.68 bits per heavy atom. The second-order valence-corrected chi connectivity index (χ2v) is 7.94. The van der Waals surface area contributed by atoms with Crippen LogP contribution in [0.2, 0.25) is 0 Å². The van der Waals surface area contributed by atoms with E-state index in [9.17, 15) is 25.0 Å². The number of rotatable bonds is 5. The summed E-state index contributed by atoms with van der Waals surface area (Å²) in [5, 5.41) is 22.1. The Hall–Kier alpha value is -3.83. The van der Waals surface area contributed by atoms with Crippen LogP contribution in [0.3, 0.4) is 0 Å². The van der Waals surface area contributed by atoms with Gasteiger partial charge in [-0.05, 0) is 30.3 Å². The predicted molar refractivity (Wildman–Crippen MR) is 120 cm³/mol. The van der Waals surface area contributed by atoms with Crippen LogP contribution in [0.15, 0.2) is 70.0 Å². The summed E-state index contributed by atoms with van der Waals surface area (Å²) in [4.78, 5) is 35.5. The van der Waals surface area contributed by atoms with Crippen LogP contribution in [0.1, 0.15) is 5.76 Å². The van der Waals surface area contributed by atoms with E-state index in [1.54, 1.807) is 30.3 Å². The zero-order chi connectivity index (χ0) is 22.1. The Labute approximate surface area is 184 Å². The number of thiocarbonyl (C=S) groups is 1. The molecule has 4 rings (SSSR count). The number of non-ortho nitro benzene ring substituents is 1. The minimum Gasteiger partial charge on any atom is -0.456 e. The van der Waals surface area contributed by atoms with Gasteiger partial charge in [0.1, 0.15) is 11.5 Å². The van der Waals surface area contributed by atoms with Crippen LogP contribution < -0.4 is 4.90 Å². The van der Waals surface area contributed by atoms with Gasteiger partial charge in [0.25, 0.3) is 17.3 Å². The Morgan fingerprint density at radius 1 is 0.968 bits per heavy atom. The minimum atomic E-state index is -0.528. The van der Waals surface area contributed by atoms with Crippen LogP contribution in [0.4, 0.5) is 17.1 Å². The number of carbonyl (C=O) groups is 1. The van der Waals surface area contributed by atoms with Gasteiger partial charge in [-0.25, -0.2) is 0 Å². The smallest absolute Gasteiger partial charge is 0.280 e. The number of furan rings is 1. The topological polar surface area (TPSA) is 120 Å². The van der Waals surface area contributed by atoms with E-state index in [-0.39, 0.29) is 15.7 Å². The molecule has 154 valence electrons. The van der Waals surface area contributed by atoms with Crippen molar-refractivity contribution in [3.8, 4) is 11.3 Å². The van der Waals surface area contributed by atoms with Crippen molar-refractivity contribution >= 4 is 57.3 Å². The number of thioether (sulfide) groups is 1. The predicted octanol–water partition coefficient (Wildman–Crippen LogP) is 5.17. The van der Waals surface area contributed by atoms with E-state index in [0.717, 1.165) is 11.8 Å². The molecule has 0 atom stereocenters. The molecule has 0 bridgehead atoms. The summed E-state index contributed by atoms with van der Waals surface area (Å²) in [6, 6.07) is 14.9. The number of nitrogens with zero attached hydrogens (tertiary/aromatic N) is 3. The summed E-state index contributed by atoms with van der Waals surface area (Å²) in [7, 11) is 0. The molecule has 2 aromatic carbocycles. The molecule has 0 aliphatic carbocycles. The molecule has 1 saturated heterocycles. The molecular weight excluding hydrogens is 442 g/mol. The molecule has 0 radical (unpaired) electrons. The standard InChI is InChI=1S/C20H11N3O6S2/c24-19-18(31-20(30)21(19)12-5-7-13(8-6-12)22(25)26)11-14-9-10-17(29-14)15-3-1-2-4-16(15)23(27)28/h1-11H. The van der Waals surface area contributed by atoms with E-state index in [1.807, 2.05) is 0 Å². The number of carbonyl (C=O) groups excluding carboxylic acids is 1. The summed E-state index contributed by atoms with van der Waals surface area (Å²) >= 11 is 6.35. The van der Waals surface area contributed by atoms with Crippen molar-refractivity contribution in [2.24, 2.45) is 0 Å². The molecule has 1 aliphatic heterocycles. The average molecular weight is 453 g/mol. The first-order valence-corrected chi connectivity index (χ1v) is 9.93. The van der Waals surface area contributed by atoms with E-state index < -0.39 is 15.8 Å². The number of nitro benzene ring substituents is 2. The van der Waals surface area contributed by atoms with Crippen molar-refractivity contribution in [1.29, 1.82) is 0 Å². The van der Waals surface area contributed by atoms with Crippen molar-refractivity contribution in [1.82, 2.24) is 0 Å². The first kappa shape index (κ1) is 20.4. The van der Waals surface area contributed by atoms with Gasteiger partial charge in [-0.1, -0.05) is 36.1 Å². The van der Waals surface area contributed by atoms with E-state index in [4.69, 9.17) is 16.6 Å². The Kier molecular flexibility index (Phi) is 5.36. The highest BCUT2D eigenvalue weighted by Crippen LogP contribution is 2.37. The number of para-hydroxylation sites is 1. The fraction of sp³-hybridized carbons (Fsp3) is 0. The Bertz CT molecular complexity index is 1270. The monoisotopic (exact) mass is 453 g/mol. The van der Waals surface area contributed by atoms with Gasteiger partial charge in [0.05, 0.1) is 26.0 Å². The summed E-state index contributed by atoms with van der Waals surface area (Å²) in [6.45, 7) is 0. The van der Waals surface area contributed by atoms with Crippen LogP contribution in [-0.4, -0.2) is 20.1 Å². The first-order chi connectivity index (χ1) is 14.8. The lowest BCUT2D eigenvalue weighted by molar-refractivity contribution is -0.384. The molecule has 1 amide bonds. The minimum absolute atomic E-state index is 0.0899. The van der Waals surface area contributed by atoms with Gasteiger partial charge >= 0.3 is 0 Å². The molecule has 0 spiro atoms. The van der Waals surface area contributed by atoms with Gasteiger partial charge in [0.2, 0.25) is 0 Å². The molecule has 0 N–H and O–H groups in total. The largest absolute Gasteiger partial charge is 0.456 e. The van der Waals surface area contributed by atoms with Crippen molar-refractivity contribution in [3.63, 3.8) is 0 Å². The van der Waals surface area contributed by atoms with Crippen molar-refractivity contribution < 1.29 is 19.1 Å². The Morgan fingerprint density at radius 3 is 2.35 bits per heavy atom. The summed E-state index contributed by atoms with van der Waals surface area (Å²) in [6.07, 6.45) is 1.50. The maximum absolute atomic E-state index is 12.8. The molecule has 11 heteroatoms. The molecule has 1 fully saturated rings. The van der Waals surface area contributed by atoms with Gasteiger partial charge in [-0.2, -0.15) is 0 Å². The SMILES string of the molecule is O=C1C(=Cc2ccc(-c3ccccc3[N+](=O)[O-])o2)SC(=S)N1c1ccc([N+](=O)[O-])cc1. The Balaban J connectivity index is 1.61. The third-order valence-corrected chi connectivity index (χ3v) is 5.68. The van der Waals surface area contributed by atoms with Gasteiger partial charge in [0.15, 0.2) is 4.32 Å². The normalized spacial score (nSPS) is 15.0. The number of amides is 1. The lowest BCUT2D eigenvalue weighted by Gasteiger charge is -2.13. The van der Waals surface area contributed by atoms with Crippen molar-refractivity contribution in [2.75, 3.05) is 4.90 Å². The maximum atomic E-state index is 12.8. The molecule has 2 heterocycles. The summed E-state index contributed by atoms with van der Waals surface area (Å²) in [5.41, 5.74) is 0.554. The molecule has 31 heavy (non-hydrogen) atoms. The average Bonchev–Trinajstić information content (AvgIpc) is 3.32. The third kappa shape index (κ3) is 3.96. The van der Waals surface area contributed by atoms with Crippen molar-refractivity contribution in [3.05, 3.63) is 91.6 Å². The molecule has 0 unspecified atom stereocenters. The molecular formula is C20H11N3O6S2. The highest BCUT2D eigenvalue weighted by Gasteiger charge is 2.33. The first-order valence-electron chi connectivity index (χ1n) is 8.71. The molecule has 3 aromatic rings. The van der Waals surface area contributed by atoms with Crippen LogP contribution in [0.25, 0.3) is 17.4 Å². The summed E-state index contributed by atoms with van der Waals surface area (Å²) < 4.78 is 5.98. The molecule has 1 aliphatic rings. The van der Waals surface area contributed by atoms with Crippen LogP contribution in [0, 0.1) is 20.2 Å². The number of hydrogen-bond acceptors (Lipinski definition) is 8. The van der Waals surface area contributed by atoms with Gasteiger partial charge < -0.3 is 4.42 Å². The molecule has 9 nitrogen and oxygen atoms in total. The second-order valence-electron chi connectivity index (χ2n) is 6.27. The van der Waals surface area contributed by atoms with Crippen LogP contribution in [0.5, 0.6) is 0 Å². The quantitative estimate of drug-likeness (QED) is 0.225. The highest BCUT2D eigenvalue weighted by molar-refractivity contribution is 8.27. The maximum Gasteiger partial charge on any atom is 0.280 e. The van der Waals surface area contributed by atoms with Crippen LogP contribution in [-0.2, 0) is 4.79 Å². The lowest BCUT2D eigenvalue weighted by atomic mass is 10.1. The number of benzene rings is 2. The summed E-state index contributed by atoms with van der Waals surface area (Å²) in [5.74, 6) is 0.231. The lowest BCUT2D eigenvalue weighted by Crippen LogP contribution is -2.27. The number of nitro groups is 2. The zero-order valence-electron chi connectivity index (χ0n) is 15.5. The fourth-order valence-electron chi connectivity index (χ4n) is 2.96. The van der Waals surface area contributed by atoms with Gasteiger partial charge in [-0.3, -0.25) is 29.9 Å². The second kappa shape index (κ2) is 8.13. The van der Waals surface area contributed by atoms with E-state index in [2.05, 4.69) is 0 Å². The molecule has 0 saturated carbocycles. The number of anilines is 1. The van der Waals surface area contributed by atoms with E-state index >= 15 is 0 Å². The highest BCUT2D eigenvalue weighted by atomic mass is 32.2. The third-order valence-electron chi connectivity index (χ3n) is 4.38. The van der Waals surface area contributed by atoms with Gasteiger partial charge in [0, 0.05) is 24.3 Å². The fourth-order valence-corrected chi connectivity index (χ4v) is 4.24. The van der Waals surface area contributed by atoms with E-state index in [0.29, 0.717) is 27.7 Å².